The molecule has 0 atom stereocenters. The van der Waals surface area contributed by atoms with E-state index in [1.54, 1.807) is 0 Å². The molecule has 0 saturated carbocycles. The summed E-state index contributed by atoms with van der Waals surface area (Å²) in [4.78, 5) is 27.0. The summed E-state index contributed by atoms with van der Waals surface area (Å²) in [6.07, 6.45) is 0. The number of carbonyl (C=O) groups is 3. The summed E-state index contributed by atoms with van der Waals surface area (Å²) in [5.74, 6) is -2.50. The predicted octanol–water partition coefficient (Wildman–Crippen LogP) is -0.383. The van der Waals surface area contributed by atoms with E-state index in [1.165, 1.54) is 0 Å². The van der Waals surface area contributed by atoms with Gasteiger partial charge in [0.25, 0.3) is 17.9 Å². The minimum atomic E-state index is -4.67. The largest absolute Gasteiger partial charge is 0.481 e. The zero-order valence-electron chi connectivity index (χ0n) is 9.59. The summed E-state index contributed by atoms with van der Waals surface area (Å²) in [6, 6.07) is 0. The van der Waals surface area contributed by atoms with Gasteiger partial charge in [-0.25, -0.2) is 0 Å². The number of aliphatic carboxylic acids is 3. The predicted molar refractivity (Wildman–Crippen MR) is 54.1 cm³/mol. The molecule has 0 bridgehead atoms. The molecule has 110 valence electrons. The fourth-order valence-electron chi connectivity index (χ4n) is 0. The number of hydrogen-bond donors (Lipinski definition) is 5. The van der Waals surface area contributed by atoms with Gasteiger partial charge in [-0.05, 0) is 0 Å². The van der Waals surface area contributed by atoms with Gasteiger partial charge in [-0.1, -0.05) is 0 Å². The molecule has 0 fully saturated rings. The number of carboxylic acids is 3. The molecule has 18 heavy (non-hydrogen) atoms. The second kappa shape index (κ2) is 18.2. The molecule has 0 aromatic carbocycles. The van der Waals surface area contributed by atoms with Gasteiger partial charge in [0.2, 0.25) is 0 Å². The second-order valence-corrected chi connectivity index (χ2v) is 2.90. The van der Waals surface area contributed by atoms with Gasteiger partial charge in [0.1, 0.15) is 0 Å². The van der Waals surface area contributed by atoms with E-state index >= 15 is 0 Å². The van der Waals surface area contributed by atoms with Gasteiger partial charge >= 0.3 is 10.4 Å². The molecule has 0 saturated heterocycles. The van der Waals surface area contributed by atoms with E-state index in [0.717, 1.165) is 20.8 Å². The Bertz CT molecular complexity index is 273. The number of hydrogen-bond acceptors (Lipinski definition) is 5. The van der Waals surface area contributed by atoms with Crippen LogP contribution >= 0.6 is 0 Å². The van der Waals surface area contributed by atoms with Crippen LogP contribution in [0.4, 0.5) is 0 Å². The minimum Gasteiger partial charge on any atom is -0.481 e. The van der Waals surface area contributed by atoms with Gasteiger partial charge in [-0.2, -0.15) is 8.42 Å². The van der Waals surface area contributed by atoms with Crippen LogP contribution in [0.25, 0.3) is 0 Å². The molecule has 0 aliphatic rings. The molecule has 0 aromatic heterocycles. The summed E-state index contributed by atoms with van der Waals surface area (Å²) in [7, 11) is -4.67. The van der Waals surface area contributed by atoms with Crippen molar-refractivity contribution in [3.63, 3.8) is 0 Å². The molecule has 0 unspecified atom stereocenters. The minimum absolute atomic E-state index is 0. The van der Waals surface area contributed by atoms with E-state index in [9.17, 15) is 0 Å². The molecule has 0 aromatic rings. The summed E-state index contributed by atoms with van der Waals surface area (Å²) in [5.41, 5.74) is 0. The SMILES string of the molecule is CC(=O)O.CC(=O)O.CC(=O)O.O=S(=O)(O)O.[Cr]. The van der Waals surface area contributed by atoms with Crippen LogP contribution < -0.4 is 0 Å². The van der Waals surface area contributed by atoms with Gasteiger partial charge in [0, 0.05) is 38.1 Å². The van der Waals surface area contributed by atoms with Crippen molar-refractivity contribution in [1.82, 2.24) is 0 Å². The molecular formula is C6H14CrO10S. The Morgan fingerprint density at radius 2 is 0.722 bits per heavy atom. The molecule has 0 amide bonds. The Balaban J connectivity index is -0.0000000412. The van der Waals surface area contributed by atoms with Gasteiger partial charge in [-0.15, -0.1) is 0 Å². The molecule has 0 aliphatic heterocycles. The van der Waals surface area contributed by atoms with Crippen LogP contribution in [-0.2, 0) is 42.1 Å². The first-order chi connectivity index (χ1) is 7.20. The Hall–Kier alpha value is -1.19. The first-order valence-corrected chi connectivity index (χ1v) is 4.88. The zero-order chi connectivity index (χ0) is 15.2. The summed E-state index contributed by atoms with van der Waals surface area (Å²) in [6.45, 7) is 3.25. The van der Waals surface area contributed by atoms with E-state index in [1.807, 2.05) is 0 Å². The third-order valence-corrected chi connectivity index (χ3v) is 0. The van der Waals surface area contributed by atoms with Gasteiger partial charge in [0.15, 0.2) is 0 Å². The first kappa shape index (κ1) is 30.1. The van der Waals surface area contributed by atoms with Crippen LogP contribution in [0, 0.1) is 0 Å². The molecule has 5 N–H and O–H groups in total. The van der Waals surface area contributed by atoms with Crippen LogP contribution in [0.5, 0.6) is 0 Å². The standard InChI is InChI=1S/3C2H4O2.Cr.H2O4S/c3*1-2(3)4;;1-5(2,3)4/h3*1H3,(H,3,4);;(H2,1,2,3,4). The number of rotatable bonds is 0. The Morgan fingerprint density at radius 3 is 0.722 bits per heavy atom. The van der Waals surface area contributed by atoms with Crippen molar-refractivity contribution in [2.24, 2.45) is 0 Å². The maximum atomic E-state index is 9.00. The number of carboxylic acid groups (broad SMARTS) is 3. The van der Waals surface area contributed by atoms with Crippen molar-refractivity contribution in [3.05, 3.63) is 0 Å². The Labute approximate surface area is 114 Å². The van der Waals surface area contributed by atoms with Crippen molar-refractivity contribution in [2.45, 2.75) is 20.8 Å². The van der Waals surface area contributed by atoms with Gasteiger partial charge in [0.05, 0.1) is 0 Å². The van der Waals surface area contributed by atoms with E-state index in [4.69, 9.17) is 47.2 Å². The van der Waals surface area contributed by atoms with Crippen molar-refractivity contribution in [2.75, 3.05) is 0 Å². The van der Waals surface area contributed by atoms with Gasteiger partial charge in [-0.3, -0.25) is 23.5 Å². The van der Waals surface area contributed by atoms with Crippen LogP contribution in [0.15, 0.2) is 0 Å². The van der Waals surface area contributed by atoms with Crippen LogP contribution in [-0.4, -0.2) is 50.8 Å². The quantitative estimate of drug-likeness (QED) is 0.366. The smallest absolute Gasteiger partial charge is 0.394 e. The van der Waals surface area contributed by atoms with Crippen molar-refractivity contribution >= 4 is 28.3 Å². The third-order valence-electron chi connectivity index (χ3n) is 0. The Kier molecular flexibility index (Phi) is 30.4. The average Bonchev–Trinajstić information content (AvgIpc) is 1.73. The van der Waals surface area contributed by atoms with E-state index in [2.05, 4.69) is 0 Å². The fraction of sp³-hybridized carbons (Fsp3) is 0.500. The normalized spacial score (nSPS) is 7.39. The van der Waals surface area contributed by atoms with E-state index in [0.29, 0.717) is 0 Å². The molecule has 0 aliphatic carbocycles. The summed E-state index contributed by atoms with van der Waals surface area (Å²) in [5, 5.41) is 22.2. The van der Waals surface area contributed by atoms with Crippen LogP contribution in [0.1, 0.15) is 20.8 Å². The molecule has 10 nitrogen and oxygen atoms in total. The molecule has 0 radical (unpaired) electrons. The molecule has 0 rings (SSSR count). The zero-order valence-corrected chi connectivity index (χ0v) is 11.7. The van der Waals surface area contributed by atoms with Gasteiger partial charge < -0.3 is 15.3 Å². The summed E-state index contributed by atoms with van der Waals surface area (Å²) < 4.78 is 31.6. The van der Waals surface area contributed by atoms with Crippen LogP contribution in [0.2, 0.25) is 0 Å². The van der Waals surface area contributed by atoms with Crippen molar-refractivity contribution in [3.8, 4) is 0 Å². The average molecular weight is 330 g/mol. The fourth-order valence-corrected chi connectivity index (χ4v) is 0. The monoisotopic (exact) mass is 330 g/mol. The molecule has 0 spiro atoms. The molecule has 12 heteroatoms. The Morgan fingerprint density at radius 1 is 0.722 bits per heavy atom. The molecular weight excluding hydrogens is 316 g/mol. The second-order valence-electron chi connectivity index (χ2n) is 2.00. The van der Waals surface area contributed by atoms with Crippen molar-refractivity contribution in [1.29, 1.82) is 0 Å². The topological polar surface area (TPSA) is 186 Å². The maximum absolute atomic E-state index is 9.00. The summed E-state index contributed by atoms with van der Waals surface area (Å²) >= 11 is 0. The molecule has 0 heterocycles. The van der Waals surface area contributed by atoms with E-state index in [-0.39, 0.29) is 17.4 Å². The van der Waals surface area contributed by atoms with Crippen LogP contribution in [0.3, 0.4) is 0 Å². The van der Waals surface area contributed by atoms with Crippen molar-refractivity contribution < 1.29 is 64.6 Å². The maximum Gasteiger partial charge on any atom is 0.394 e. The first-order valence-electron chi connectivity index (χ1n) is 3.48. The third kappa shape index (κ3) is 2000. The van der Waals surface area contributed by atoms with E-state index < -0.39 is 28.3 Å².